The van der Waals surface area contributed by atoms with Gasteiger partial charge in [0, 0.05) is 16.9 Å². The number of hydrogen-bond acceptors (Lipinski definition) is 7. The molecule has 7 rings (SSSR count). The van der Waals surface area contributed by atoms with Crippen molar-refractivity contribution < 1.29 is 14.6 Å². The lowest BCUT2D eigenvalue weighted by Gasteiger charge is -2.53. The van der Waals surface area contributed by atoms with E-state index in [4.69, 9.17) is 4.74 Å². The fourth-order valence-electron chi connectivity index (χ4n) is 5.50. The first-order chi connectivity index (χ1) is 16.5. The number of hydrogen-bond donors (Lipinski definition) is 2. The number of nitrogens with zero attached hydrogens (tertiary/aromatic N) is 3. The van der Waals surface area contributed by atoms with Crippen molar-refractivity contribution in [3.8, 4) is 11.3 Å². The molecule has 0 amide bonds. The zero-order chi connectivity index (χ0) is 23.2. The molecule has 2 saturated carbocycles. The fraction of sp³-hybridized carbons (Fsp3) is 0.462. The van der Waals surface area contributed by atoms with Gasteiger partial charge in [-0.15, -0.1) is 10.2 Å². The van der Waals surface area contributed by atoms with E-state index in [-0.39, 0.29) is 11.8 Å². The van der Waals surface area contributed by atoms with Crippen LogP contribution in [0.2, 0.25) is 0 Å². The first-order valence-corrected chi connectivity index (χ1v) is 12.9. The van der Waals surface area contributed by atoms with Crippen molar-refractivity contribution in [2.24, 2.45) is 0 Å². The van der Waals surface area contributed by atoms with Gasteiger partial charge in [0.1, 0.15) is 5.01 Å². The lowest BCUT2D eigenvalue weighted by molar-refractivity contribution is -0.174. The van der Waals surface area contributed by atoms with Gasteiger partial charge in [-0.05, 0) is 56.2 Å². The first kappa shape index (κ1) is 21.7. The summed E-state index contributed by atoms with van der Waals surface area (Å²) in [5.41, 5.74) is 3.72. The number of ether oxygens (including phenoxy) is 1. The highest BCUT2D eigenvalue weighted by molar-refractivity contribution is 7.15. The molecule has 2 aromatic heterocycles. The van der Waals surface area contributed by atoms with E-state index in [1.54, 1.807) is 11.3 Å². The van der Waals surface area contributed by atoms with Gasteiger partial charge in [-0.3, -0.25) is 9.78 Å². The van der Waals surface area contributed by atoms with Crippen molar-refractivity contribution >= 4 is 28.1 Å². The summed E-state index contributed by atoms with van der Waals surface area (Å²) in [7, 11) is 0. The summed E-state index contributed by atoms with van der Waals surface area (Å²) in [5, 5.41) is 23.1. The second kappa shape index (κ2) is 8.43. The Morgan fingerprint density at radius 2 is 1.88 bits per heavy atom. The summed E-state index contributed by atoms with van der Waals surface area (Å²) >= 11 is 1.63. The predicted molar refractivity (Wildman–Crippen MR) is 131 cm³/mol. The number of carbonyl (C=O) groups is 1. The molecule has 4 aliphatic rings. The third kappa shape index (κ3) is 3.99. The number of pyridine rings is 1. The summed E-state index contributed by atoms with van der Waals surface area (Å²) in [6, 6.07) is 12.7. The van der Waals surface area contributed by atoms with Crippen LogP contribution in [0, 0.1) is 0 Å². The summed E-state index contributed by atoms with van der Waals surface area (Å²) in [6.45, 7) is 0.603. The zero-order valence-electron chi connectivity index (χ0n) is 19.0. The smallest absolute Gasteiger partial charge is 0.306 e. The van der Waals surface area contributed by atoms with Gasteiger partial charge in [-0.25, -0.2) is 0 Å². The van der Waals surface area contributed by atoms with Crippen LogP contribution in [-0.2, 0) is 14.9 Å². The van der Waals surface area contributed by atoms with E-state index in [2.05, 4.69) is 44.8 Å². The van der Waals surface area contributed by atoms with Crippen molar-refractivity contribution in [1.82, 2.24) is 15.2 Å². The zero-order valence-corrected chi connectivity index (χ0v) is 19.8. The number of carboxylic acid groups (broad SMARTS) is 1. The van der Waals surface area contributed by atoms with Crippen LogP contribution in [0.4, 0.5) is 10.8 Å². The number of aliphatic carboxylic acids is 1. The van der Waals surface area contributed by atoms with Gasteiger partial charge in [0.2, 0.25) is 5.13 Å². The fourth-order valence-corrected chi connectivity index (χ4v) is 6.43. The molecular weight excluding hydrogens is 448 g/mol. The molecule has 8 heteroatoms. The van der Waals surface area contributed by atoms with Crippen LogP contribution in [0.3, 0.4) is 0 Å². The molecule has 3 aromatic rings. The van der Waals surface area contributed by atoms with Gasteiger partial charge in [-0.1, -0.05) is 42.0 Å². The second-order valence-electron chi connectivity index (χ2n) is 10.0. The van der Waals surface area contributed by atoms with E-state index in [1.807, 2.05) is 18.3 Å². The van der Waals surface area contributed by atoms with E-state index < -0.39 is 11.6 Å². The summed E-state index contributed by atoms with van der Waals surface area (Å²) in [4.78, 5) is 15.9. The van der Waals surface area contributed by atoms with Gasteiger partial charge < -0.3 is 15.2 Å². The van der Waals surface area contributed by atoms with Crippen LogP contribution in [0.25, 0.3) is 11.3 Å². The molecule has 1 aromatic carbocycles. The normalized spacial score (nSPS) is 26.2. The molecule has 176 valence electrons. The Morgan fingerprint density at radius 3 is 2.47 bits per heavy atom. The van der Waals surface area contributed by atoms with E-state index in [1.165, 1.54) is 24.8 Å². The number of benzene rings is 1. The number of anilines is 2. The quantitative estimate of drug-likeness (QED) is 0.454. The van der Waals surface area contributed by atoms with Crippen LogP contribution in [0.1, 0.15) is 67.9 Å². The molecule has 4 fully saturated rings. The standard InChI is InChI=1S/C26H28N4O3S/c31-22(32)14-26-12-10-25(11-13-26,16-33-26)19-6-4-17(5-7-19)21-9-8-20(15-27-21)28-24-30-29-23(34-24)18-2-1-3-18/h4-9,15,18H,1-3,10-14,16H2,(H,28,30)(H,31,32). The number of fused-ring (bicyclic) bond motifs is 3. The summed E-state index contributed by atoms with van der Waals surface area (Å²) in [6.07, 6.45) is 9.28. The Labute approximate surface area is 202 Å². The maximum absolute atomic E-state index is 11.2. The van der Waals surface area contributed by atoms with Crippen LogP contribution in [0.15, 0.2) is 42.6 Å². The summed E-state index contributed by atoms with van der Waals surface area (Å²) < 4.78 is 6.13. The van der Waals surface area contributed by atoms with Crippen molar-refractivity contribution in [3.05, 3.63) is 53.2 Å². The van der Waals surface area contributed by atoms with Gasteiger partial charge in [0.25, 0.3) is 0 Å². The second-order valence-corrected chi connectivity index (χ2v) is 11.0. The molecule has 7 nitrogen and oxygen atoms in total. The van der Waals surface area contributed by atoms with Crippen molar-refractivity contribution in [2.75, 3.05) is 11.9 Å². The Balaban J connectivity index is 1.11. The lowest BCUT2D eigenvalue weighted by Crippen LogP contribution is -2.54. The average Bonchev–Trinajstić information content (AvgIpc) is 3.27. The molecule has 2 aliphatic carbocycles. The molecule has 4 heterocycles. The highest BCUT2D eigenvalue weighted by atomic mass is 32.1. The SMILES string of the molecule is O=C(O)CC12CCC(c3ccc(-c4ccc(Nc5nnc(C6CCC6)s5)cn4)cc3)(CC1)CO2. The lowest BCUT2D eigenvalue weighted by atomic mass is 9.62. The predicted octanol–water partition coefficient (Wildman–Crippen LogP) is 5.67. The number of nitrogens with one attached hydrogen (secondary N) is 1. The van der Waals surface area contributed by atoms with Crippen LogP contribution < -0.4 is 5.32 Å². The van der Waals surface area contributed by atoms with E-state index in [0.29, 0.717) is 12.5 Å². The van der Waals surface area contributed by atoms with Gasteiger partial charge in [-0.2, -0.15) is 0 Å². The molecular formula is C26H28N4O3S. The first-order valence-electron chi connectivity index (χ1n) is 12.1. The molecule has 2 saturated heterocycles. The van der Waals surface area contributed by atoms with Crippen molar-refractivity contribution in [1.29, 1.82) is 0 Å². The van der Waals surface area contributed by atoms with Gasteiger partial charge >= 0.3 is 5.97 Å². The van der Waals surface area contributed by atoms with E-state index >= 15 is 0 Å². The molecule has 0 atom stereocenters. The molecule has 2 aliphatic heterocycles. The highest BCUT2D eigenvalue weighted by Crippen LogP contribution is 2.51. The van der Waals surface area contributed by atoms with Gasteiger partial charge in [0.05, 0.1) is 36.2 Å². The Morgan fingerprint density at radius 1 is 1.09 bits per heavy atom. The minimum atomic E-state index is -0.769. The average molecular weight is 477 g/mol. The molecule has 0 unspecified atom stereocenters. The summed E-state index contributed by atoms with van der Waals surface area (Å²) in [5.74, 6) is -0.175. The molecule has 2 bridgehead atoms. The number of rotatable bonds is 7. The third-order valence-electron chi connectivity index (χ3n) is 7.95. The largest absolute Gasteiger partial charge is 0.481 e. The Bertz CT molecular complexity index is 1160. The van der Waals surface area contributed by atoms with E-state index in [9.17, 15) is 9.90 Å². The Hall–Kier alpha value is -2.84. The molecule has 0 spiro atoms. The minimum Gasteiger partial charge on any atom is -0.481 e. The molecule has 2 N–H and O–H groups in total. The molecule has 0 radical (unpaired) electrons. The van der Waals surface area contributed by atoms with Crippen LogP contribution in [-0.4, -0.2) is 38.5 Å². The number of carboxylic acids is 1. The maximum Gasteiger partial charge on any atom is 0.306 e. The third-order valence-corrected chi connectivity index (χ3v) is 8.95. The van der Waals surface area contributed by atoms with Gasteiger partial charge in [0.15, 0.2) is 0 Å². The van der Waals surface area contributed by atoms with Crippen molar-refractivity contribution in [2.45, 2.75) is 68.3 Å². The monoisotopic (exact) mass is 476 g/mol. The van der Waals surface area contributed by atoms with Crippen LogP contribution >= 0.6 is 11.3 Å². The van der Waals surface area contributed by atoms with Crippen molar-refractivity contribution in [3.63, 3.8) is 0 Å². The van der Waals surface area contributed by atoms with Crippen LogP contribution in [0.5, 0.6) is 0 Å². The number of aromatic nitrogens is 3. The highest BCUT2D eigenvalue weighted by Gasteiger charge is 2.51. The topological polar surface area (TPSA) is 97.2 Å². The maximum atomic E-state index is 11.2. The van der Waals surface area contributed by atoms with E-state index in [0.717, 1.165) is 52.8 Å². The minimum absolute atomic E-state index is 0.0000669. The molecule has 34 heavy (non-hydrogen) atoms. The Kier molecular flexibility index (Phi) is 5.37.